The summed E-state index contributed by atoms with van der Waals surface area (Å²) >= 11 is 3.45. The van der Waals surface area contributed by atoms with Crippen molar-refractivity contribution < 1.29 is 14.7 Å². The second-order valence-electron chi connectivity index (χ2n) is 7.06. The van der Waals surface area contributed by atoms with Crippen LogP contribution in [0.1, 0.15) is 55.1 Å². The van der Waals surface area contributed by atoms with Crippen LogP contribution in [0.3, 0.4) is 0 Å². The molecule has 0 heterocycles. The van der Waals surface area contributed by atoms with Crippen LogP contribution in [-0.2, 0) is 6.54 Å². The van der Waals surface area contributed by atoms with Gasteiger partial charge in [-0.05, 0) is 48.4 Å². The normalized spacial score (nSPS) is 16.2. The van der Waals surface area contributed by atoms with E-state index in [-0.39, 0.29) is 11.0 Å². The lowest BCUT2D eigenvalue weighted by Crippen LogP contribution is -2.48. The molecular weight excluding hydrogens is 346 g/mol. The zero-order valence-corrected chi connectivity index (χ0v) is 15.0. The third-order valence-corrected chi connectivity index (χ3v) is 5.60. The Morgan fingerprint density at radius 3 is 2.41 bits per heavy atom. The highest BCUT2D eigenvalue weighted by Gasteiger charge is 2.57. The summed E-state index contributed by atoms with van der Waals surface area (Å²) in [6.45, 7) is 8.41. The minimum atomic E-state index is -0.906. The fourth-order valence-electron chi connectivity index (χ4n) is 3.10. The summed E-state index contributed by atoms with van der Waals surface area (Å²) in [5.41, 5.74) is 1.88. The van der Waals surface area contributed by atoms with Crippen LogP contribution >= 0.6 is 15.9 Å². The Morgan fingerprint density at radius 2 is 2.00 bits per heavy atom. The van der Waals surface area contributed by atoms with Gasteiger partial charge in [0, 0.05) is 16.6 Å². The molecule has 0 radical (unpaired) electrons. The molecule has 2 rings (SSSR count). The monoisotopic (exact) mass is 367 g/mol. The molecule has 1 fully saturated rings. The zero-order valence-electron chi connectivity index (χ0n) is 13.4. The Balaban J connectivity index is 2.37. The van der Waals surface area contributed by atoms with Crippen molar-refractivity contribution in [1.82, 2.24) is 4.90 Å². The summed E-state index contributed by atoms with van der Waals surface area (Å²) in [7, 11) is 0. The lowest BCUT2D eigenvalue weighted by molar-refractivity contribution is 0.0630. The van der Waals surface area contributed by atoms with E-state index >= 15 is 0 Å². The van der Waals surface area contributed by atoms with Crippen LogP contribution in [0.4, 0.5) is 4.79 Å². The van der Waals surface area contributed by atoms with Gasteiger partial charge in [-0.2, -0.15) is 0 Å². The lowest BCUT2D eigenvalue weighted by atomic mass is 9.82. The summed E-state index contributed by atoms with van der Waals surface area (Å²) in [6.07, 6.45) is 1.68. The molecule has 22 heavy (non-hydrogen) atoms. The lowest BCUT2D eigenvalue weighted by Gasteiger charge is -2.39. The molecule has 1 aliphatic rings. The van der Waals surface area contributed by atoms with Gasteiger partial charge in [-0.1, -0.05) is 36.7 Å². The van der Waals surface area contributed by atoms with E-state index in [0.717, 1.165) is 34.7 Å². The highest BCUT2D eigenvalue weighted by atomic mass is 79.9. The van der Waals surface area contributed by atoms with E-state index < -0.39 is 6.09 Å². The number of halogens is 1. The second-order valence-corrected chi connectivity index (χ2v) is 7.91. The topological polar surface area (TPSA) is 57.6 Å². The molecule has 0 bridgehead atoms. The molecule has 120 valence electrons. The maximum atomic E-state index is 11.8. The molecule has 0 unspecified atom stereocenters. The van der Waals surface area contributed by atoms with Gasteiger partial charge < -0.3 is 5.11 Å². The Kier molecular flexibility index (Phi) is 4.39. The smallest absolute Gasteiger partial charge is 0.408 e. The van der Waals surface area contributed by atoms with Crippen molar-refractivity contribution in [3.8, 4) is 0 Å². The average molecular weight is 368 g/mol. The van der Waals surface area contributed by atoms with Crippen molar-refractivity contribution in [2.24, 2.45) is 5.41 Å². The van der Waals surface area contributed by atoms with Crippen LogP contribution in [0.25, 0.3) is 0 Å². The highest BCUT2D eigenvalue weighted by Crippen LogP contribution is 2.54. The average Bonchev–Trinajstić information content (AvgIpc) is 3.20. The van der Waals surface area contributed by atoms with E-state index in [2.05, 4.69) is 36.7 Å². The van der Waals surface area contributed by atoms with Crippen LogP contribution < -0.4 is 0 Å². The van der Waals surface area contributed by atoms with Gasteiger partial charge in [0.05, 0.1) is 5.54 Å². The first-order valence-electron chi connectivity index (χ1n) is 7.37. The molecule has 1 saturated carbocycles. The largest absolute Gasteiger partial charge is 0.465 e. The van der Waals surface area contributed by atoms with Gasteiger partial charge >= 0.3 is 6.09 Å². The van der Waals surface area contributed by atoms with Crippen LogP contribution in [0.15, 0.2) is 16.6 Å². The SMILES string of the molecule is Cc1c(Br)cc(CN(C(=O)O)C2(C(C)(C)C)CC2)cc1C=O. The first-order valence-corrected chi connectivity index (χ1v) is 8.16. The number of nitrogens with zero attached hydrogens (tertiary/aromatic N) is 1. The standard InChI is InChI=1S/C17H22BrNO3/c1-11-13(10-20)7-12(8-14(11)18)9-19(15(21)22)17(5-6-17)16(2,3)4/h7-8,10H,5-6,9H2,1-4H3,(H,21,22). The molecule has 1 aliphatic carbocycles. The fraction of sp³-hybridized carbons (Fsp3) is 0.529. The number of hydrogen-bond donors (Lipinski definition) is 1. The molecule has 5 heteroatoms. The van der Waals surface area contributed by atoms with Crippen LogP contribution in [0, 0.1) is 12.3 Å². The van der Waals surface area contributed by atoms with E-state index in [0.29, 0.717) is 12.1 Å². The van der Waals surface area contributed by atoms with Gasteiger partial charge in [0.1, 0.15) is 6.29 Å². The van der Waals surface area contributed by atoms with Gasteiger partial charge in [-0.15, -0.1) is 0 Å². The van der Waals surface area contributed by atoms with E-state index in [4.69, 9.17) is 0 Å². The first-order chi connectivity index (χ1) is 10.1. The first kappa shape index (κ1) is 17.0. The number of amides is 1. The highest BCUT2D eigenvalue weighted by molar-refractivity contribution is 9.10. The number of rotatable bonds is 4. The van der Waals surface area contributed by atoms with Crippen LogP contribution in [0.2, 0.25) is 0 Å². The molecule has 0 aromatic heterocycles. The van der Waals surface area contributed by atoms with Gasteiger partial charge in [0.25, 0.3) is 0 Å². The number of carbonyl (C=O) groups is 2. The summed E-state index contributed by atoms with van der Waals surface area (Å²) in [4.78, 5) is 24.5. The summed E-state index contributed by atoms with van der Waals surface area (Å²) in [5.74, 6) is 0. The molecule has 1 aromatic carbocycles. The number of hydrogen-bond acceptors (Lipinski definition) is 2. The van der Waals surface area contributed by atoms with Crippen molar-refractivity contribution >= 4 is 28.3 Å². The fourth-order valence-corrected chi connectivity index (χ4v) is 3.62. The molecule has 0 aliphatic heterocycles. The summed E-state index contributed by atoms with van der Waals surface area (Å²) < 4.78 is 0.832. The minimum absolute atomic E-state index is 0.110. The third-order valence-electron chi connectivity index (χ3n) is 4.78. The summed E-state index contributed by atoms with van der Waals surface area (Å²) in [6, 6.07) is 3.68. The van der Waals surface area contributed by atoms with E-state index in [1.165, 1.54) is 0 Å². The van der Waals surface area contributed by atoms with Crippen molar-refractivity contribution in [2.45, 2.75) is 52.6 Å². The van der Waals surface area contributed by atoms with E-state index in [1.807, 2.05) is 13.0 Å². The van der Waals surface area contributed by atoms with Gasteiger partial charge in [0.2, 0.25) is 0 Å². The molecule has 1 amide bonds. The van der Waals surface area contributed by atoms with Crippen molar-refractivity contribution in [3.05, 3.63) is 33.3 Å². The number of carbonyl (C=O) groups excluding carboxylic acids is 1. The summed E-state index contributed by atoms with van der Waals surface area (Å²) in [5, 5.41) is 9.67. The quantitative estimate of drug-likeness (QED) is 0.789. The Morgan fingerprint density at radius 1 is 1.41 bits per heavy atom. The van der Waals surface area contributed by atoms with E-state index in [9.17, 15) is 14.7 Å². The molecule has 4 nitrogen and oxygen atoms in total. The maximum Gasteiger partial charge on any atom is 0.408 e. The van der Waals surface area contributed by atoms with Gasteiger partial charge in [0.15, 0.2) is 0 Å². The van der Waals surface area contributed by atoms with Crippen molar-refractivity contribution in [2.75, 3.05) is 0 Å². The molecule has 0 saturated heterocycles. The van der Waals surface area contributed by atoms with Crippen LogP contribution in [-0.4, -0.2) is 27.9 Å². The predicted molar refractivity (Wildman–Crippen MR) is 89.3 cm³/mol. The third kappa shape index (κ3) is 2.91. The number of carboxylic acid groups (broad SMARTS) is 1. The Labute approximate surface area is 139 Å². The molecule has 1 aromatic rings. The zero-order chi connectivity index (χ0) is 16.7. The Hall–Kier alpha value is -1.36. The van der Waals surface area contributed by atoms with Crippen molar-refractivity contribution in [1.29, 1.82) is 0 Å². The molecule has 0 spiro atoms. The Bertz CT molecular complexity index is 615. The number of benzene rings is 1. The van der Waals surface area contributed by atoms with Crippen molar-refractivity contribution in [3.63, 3.8) is 0 Å². The minimum Gasteiger partial charge on any atom is -0.465 e. The molecule has 1 N–H and O–H groups in total. The number of aldehydes is 1. The molecule has 0 atom stereocenters. The van der Waals surface area contributed by atoms with Gasteiger partial charge in [-0.3, -0.25) is 9.69 Å². The van der Waals surface area contributed by atoms with E-state index in [1.54, 1.807) is 11.0 Å². The molecular formula is C17H22BrNO3. The predicted octanol–water partition coefficient (Wildman–Crippen LogP) is 4.63. The maximum absolute atomic E-state index is 11.8. The van der Waals surface area contributed by atoms with Gasteiger partial charge in [-0.25, -0.2) is 4.79 Å². The van der Waals surface area contributed by atoms with Crippen LogP contribution in [0.5, 0.6) is 0 Å². The second kappa shape index (κ2) is 5.69.